The van der Waals surface area contributed by atoms with E-state index in [0.717, 1.165) is 16.6 Å². The molecule has 33 heavy (non-hydrogen) atoms. The highest BCUT2D eigenvalue weighted by Crippen LogP contribution is 2.26. The van der Waals surface area contributed by atoms with E-state index in [2.05, 4.69) is 15.0 Å². The first-order valence-electron chi connectivity index (χ1n) is 11.2. The van der Waals surface area contributed by atoms with Crippen molar-refractivity contribution in [1.82, 2.24) is 24.6 Å². The monoisotopic (exact) mass is 469 g/mol. The number of rotatable bonds is 6. The van der Waals surface area contributed by atoms with Crippen LogP contribution in [-0.4, -0.2) is 69.2 Å². The summed E-state index contributed by atoms with van der Waals surface area (Å²) in [5, 5.41) is 5.83. The van der Waals surface area contributed by atoms with Crippen molar-refractivity contribution >= 4 is 34.5 Å². The summed E-state index contributed by atoms with van der Waals surface area (Å²) in [6.07, 6.45) is 3.36. The standard InChI is InChI=1S/C24H28ClN5O3/c1-4-33-24(32)21(17-5-7-20(25)8-6-17)28-9-11-29(12-10-28)23(31)19-13-18-15-27-30(16(2)3)22(18)26-14-19/h5-8,13-16,21H,4,9-12H2,1-3H3/t21-/m0/s1. The lowest BCUT2D eigenvalue weighted by atomic mass is 10.0. The van der Waals surface area contributed by atoms with Crippen LogP contribution in [0.25, 0.3) is 11.0 Å². The van der Waals surface area contributed by atoms with Gasteiger partial charge in [-0.1, -0.05) is 23.7 Å². The minimum absolute atomic E-state index is 0.0690. The van der Waals surface area contributed by atoms with Gasteiger partial charge in [-0.3, -0.25) is 9.69 Å². The van der Waals surface area contributed by atoms with Crippen LogP contribution in [0.5, 0.6) is 0 Å². The molecule has 2 aromatic heterocycles. The first kappa shape index (κ1) is 23.2. The van der Waals surface area contributed by atoms with Gasteiger partial charge in [-0.25, -0.2) is 14.5 Å². The van der Waals surface area contributed by atoms with Crippen molar-refractivity contribution in [1.29, 1.82) is 0 Å². The predicted octanol–water partition coefficient (Wildman–Crippen LogP) is 3.73. The summed E-state index contributed by atoms with van der Waals surface area (Å²) in [7, 11) is 0. The second-order valence-electron chi connectivity index (χ2n) is 8.35. The summed E-state index contributed by atoms with van der Waals surface area (Å²) in [6, 6.07) is 8.75. The normalized spacial score (nSPS) is 15.7. The zero-order valence-electron chi connectivity index (χ0n) is 19.1. The number of piperazine rings is 1. The maximum atomic E-state index is 13.1. The van der Waals surface area contributed by atoms with Crippen molar-refractivity contribution in [2.75, 3.05) is 32.8 Å². The number of nitrogens with zero attached hydrogens (tertiary/aromatic N) is 5. The van der Waals surface area contributed by atoms with E-state index in [9.17, 15) is 9.59 Å². The number of amides is 1. The Kier molecular flexibility index (Phi) is 6.95. The first-order chi connectivity index (χ1) is 15.9. The van der Waals surface area contributed by atoms with Gasteiger partial charge in [0.15, 0.2) is 5.65 Å². The molecular weight excluding hydrogens is 442 g/mol. The number of halogens is 1. The number of hydrogen-bond acceptors (Lipinski definition) is 6. The lowest BCUT2D eigenvalue weighted by Gasteiger charge is -2.38. The molecule has 8 nitrogen and oxygen atoms in total. The summed E-state index contributed by atoms with van der Waals surface area (Å²) in [5.74, 6) is -0.364. The maximum absolute atomic E-state index is 13.1. The molecule has 3 aromatic rings. The van der Waals surface area contributed by atoms with Crippen molar-refractivity contribution in [2.24, 2.45) is 0 Å². The fourth-order valence-corrected chi connectivity index (χ4v) is 4.29. The molecule has 1 aliphatic rings. The van der Waals surface area contributed by atoms with Crippen molar-refractivity contribution in [2.45, 2.75) is 32.9 Å². The highest BCUT2D eigenvalue weighted by atomic mass is 35.5. The number of carbonyl (C=O) groups excluding carboxylic acids is 2. The Morgan fingerprint density at radius 2 is 1.79 bits per heavy atom. The molecule has 1 atom stereocenters. The third-order valence-corrected chi connectivity index (χ3v) is 6.08. The van der Waals surface area contributed by atoms with Crippen LogP contribution >= 0.6 is 11.6 Å². The second-order valence-corrected chi connectivity index (χ2v) is 8.79. The van der Waals surface area contributed by atoms with E-state index in [1.807, 2.05) is 36.7 Å². The molecule has 0 bridgehead atoms. The van der Waals surface area contributed by atoms with Crippen LogP contribution < -0.4 is 0 Å². The third kappa shape index (κ3) is 4.86. The lowest BCUT2D eigenvalue weighted by molar-refractivity contribution is -0.150. The van der Waals surface area contributed by atoms with Gasteiger partial charge in [-0.2, -0.15) is 5.10 Å². The van der Waals surface area contributed by atoms with Crippen molar-refractivity contribution in [3.63, 3.8) is 0 Å². The van der Waals surface area contributed by atoms with Gasteiger partial charge in [0, 0.05) is 48.8 Å². The van der Waals surface area contributed by atoms with Gasteiger partial charge in [-0.05, 0) is 44.5 Å². The molecule has 0 N–H and O–H groups in total. The minimum atomic E-state index is -0.528. The van der Waals surface area contributed by atoms with Gasteiger partial charge >= 0.3 is 5.97 Å². The van der Waals surface area contributed by atoms with E-state index in [-0.39, 0.29) is 17.9 Å². The Morgan fingerprint density at radius 3 is 2.42 bits per heavy atom. The molecule has 9 heteroatoms. The Balaban J connectivity index is 1.47. The van der Waals surface area contributed by atoms with Crippen LogP contribution in [0, 0.1) is 0 Å². The first-order valence-corrected chi connectivity index (χ1v) is 11.6. The van der Waals surface area contributed by atoms with Crippen LogP contribution in [0.15, 0.2) is 42.7 Å². The smallest absolute Gasteiger partial charge is 0.328 e. The number of esters is 1. The van der Waals surface area contributed by atoms with Gasteiger partial charge in [0.25, 0.3) is 5.91 Å². The van der Waals surface area contributed by atoms with Gasteiger partial charge in [-0.15, -0.1) is 0 Å². The van der Waals surface area contributed by atoms with Crippen LogP contribution in [0.4, 0.5) is 0 Å². The molecule has 174 valence electrons. The number of aromatic nitrogens is 3. The molecule has 4 rings (SSSR count). The second kappa shape index (κ2) is 9.89. The average molecular weight is 470 g/mol. The molecule has 1 aliphatic heterocycles. The number of benzene rings is 1. The highest BCUT2D eigenvalue weighted by Gasteiger charge is 2.33. The lowest BCUT2D eigenvalue weighted by Crippen LogP contribution is -2.51. The fraction of sp³-hybridized carbons (Fsp3) is 0.417. The summed E-state index contributed by atoms with van der Waals surface area (Å²) < 4.78 is 7.18. The Hall–Kier alpha value is -2.97. The largest absolute Gasteiger partial charge is 0.465 e. The van der Waals surface area contributed by atoms with Crippen molar-refractivity contribution in [3.05, 3.63) is 58.9 Å². The van der Waals surface area contributed by atoms with Gasteiger partial charge in [0.1, 0.15) is 6.04 Å². The Labute approximate surface area is 198 Å². The van der Waals surface area contributed by atoms with E-state index in [0.29, 0.717) is 43.4 Å². The zero-order valence-corrected chi connectivity index (χ0v) is 19.8. The number of carbonyl (C=O) groups is 2. The number of ether oxygens (including phenoxy) is 1. The fourth-order valence-electron chi connectivity index (χ4n) is 4.16. The highest BCUT2D eigenvalue weighted by molar-refractivity contribution is 6.30. The summed E-state index contributed by atoms with van der Waals surface area (Å²) in [4.78, 5) is 34.2. The van der Waals surface area contributed by atoms with E-state index in [1.54, 1.807) is 36.4 Å². The topological polar surface area (TPSA) is 80.6 Å². The van der Waals surface area contributed by atoms with Gasteiger partial charge in [0.05, 0.1) is 18.4 Å². The van der Waals surface area contributed by atoms with Crippen LogP contribution in [0.1, 0.15) is 48.8 Å². The Bertz CT molecular complexity index is 1140. The molecule has 0 aliphatic carbocycles. The van der Waals surface area contributed by atoms with E-state index >= 15 is 0 Å². The predicted molar refractivity (Wildman–Crippen MR) is 126 cm³/mol. The minimum Gasteiger partial charge on any atom is -0.465 e. The zero-order chi connectivity index (χ0) is 23.5. The van der Waals surface area contributed by atoms with E-state index < -0.39 is 6.04 Å². The SMILES string of the molecule is CCOC(=O)[C@H](c1ccc(Cl)cc1)N1CCN(C(=O)c2cnc3c(cnn3C(C)C)c2)CC1. The van der Waals surface area contributed by atoms with Crippen molar-refractivity contribution < 1.29 is 14.3 Å². The van der Waals surface area contributed by atoms with Crippen molar-refractivity contribution in [3.8, 4) is 0 Å². The molecule has 1 amide bonds. The summed E-state index contributed by atoms with van der Waals surface area (Å²) in [6.45, 7) is 8.31. The van der Waals surface area contributed by atoms with Crippen LogP contribution in [-0.2, 0) is 9.53 Å². The number of hydrogen-bond donors (Lipinski definition) is 0. The Morgan fingerprint density at radius 1 is 1.09 bits per heavy atom. The molecule has 3 heterocycles. The number of fused-ring (bicyclic) bond motifs is 1. The van der Waals surface area contributed by atoms with E-state index in [4.69, 9.17) is 16.3 Å². The molecule has 1 fully saturated rings. The van der Waals surface area contributed by atoms with Crippen LogP contribution in [0.3, 0.4) is 0 Å². The molecule has 0 unspecified atom stereocenters. The molecule has 0 spiro atoms. The maximum Gasteiger partial charge on any atom is 0.328 e. The average Bonchev–Trinajstić information content (AvgIpc) is 3.24. The molecule has 0 radical (unpaired) electrons. The van der Waals surface area contributed by atoms with Gasteiger partial charge in [0.2, 0.25) is 0 Å². The summed E-state index contributed by atoms with van der Waals surface area (Å²) >= 11 is 6.02. The van der Waals surface area contributed by atoms with E-state index in [1.165, 1.54) is 0 Å². The third-order valence-electron chi connectivity index (χ3n) is 5.83. The molecule has 1 aromatic carbocycles. The van der Waals surface area contributed by atoms with Gasteiger partial charge < -0.3 is 9.64 Å². The van der Waals surface area contributed by atoms with Crippen LogP contribution in [0.2, 0.25) is 5.02 Å². The molecule has 1 saturated heterocycles. The summed E-state index contributed by atoms with van der Waals surface area (Å²) in [5.41, 5.74) is 2.14. The number of pyridine rings is 1. The molecular formula is C24H28ClN5O3. The molecule has 0 saturated carbocycles. The quantitative estimate of drug-likeness (QED) is 0.512.